The second-order valence-corrected chi connectivity index (χ2v) is 6.53. The number of rotatable bonds is 5. The molecule has 0 aromatic carbocycles. The molecule has 112 valence electrons. The quantitative estimate of drug-likeness (QED) is 0.877. The fourth-order valence-corrected chi connectivity index (χ4v) is 3.68. The summed E-state index contributed by atoms with van der Waals surface area (Å²) in [5.74, 6) is 0.634. The molecule has 0 bridgehead atoms. The smallest absolute Gasteiger partial charge is 0.229 e. The van der Waals surface area contributed by atoms with Gasteiger partial charge in [0, 0.05) is 17.9 Å². The van der Waals surface area contributed by atoms with Crippen LogP contribution in [0.15, 0.2) is 0 Å². The van der Waals surface area contributed by atoms with Crippen LogP contribution in [0.25, 0.3) is 0 Å². The van der Waals surface area contributed by atoms with E-state index in [1.54, 1.807) is 0 Å². The van der Waals surface area contributed by atoms with Crippen LogP contribution in [0.5, 0.6) is 0 Å². The summed E-state index contributed by atoms with van der Waals surface area (Å²) in [6, 6.07) is 0.411. The van der Waals surface area contributed by atoms with Crippen LogP contribution in [-0.2, 0) is 4.79 Å². The van der Waals surface area contributed by atoms with E-state index in [4.69, 9.17) is 0 Å². The van der Waals surface area contributed by atoms with Crippen LogP contribution in [0.1, 0.15) is 57.4 Å². The summed E-state index contributed by atoms with van der Waals surface area (Å²) < 4.78 is 0. The van der Waals surface area contributed by atoms with Crippen LogP contribution in [0, 0.1) is 5.92 Å². The van der Waals surface area contributed by atoms with Gasteiger partial charge in [-0.3, -0.25) is 4.79 Å². The molecule has 20 heavy (non-hydrogen) atoms. The van der Waals surface area contributed by atoms with Crippen LogP contribution in [0.3, 0.4) is 0 Å². The average Bonchev–Trinajstić information content (AvgIpc) is 2.88. The van der Waals surface area contributed by atoms with Gasteiger partial charge in [-0.05, 0) is 39.2 Å². The predicted octanol–water partition coefficient (Wildman–Crippen LogP) is 2.77. The Morgan fingerprint density at radius 2 is 2.20 bits per heavy atom. The maximum atomic E-state index is 12.2. The van der Waals surface area contributed by atoms with Crippen molar-refractivity contribution >= 4 is 22.4 Å². The van der Waals surface area contributed by atoms with Gasteiger partial charge >= 0.3 is 0 Å². The second kappa shape index (κ2) is 7.13. The zero-order chi connectivity index (χ0) is 14.5. The number of hydrogen-bond donors (Lipinski definition) is 2. The van der Waals surface area contributed by atoms with Gasteiger partial charge < -0.3 is 10.6 Å². The van der Waals surface area contributed by atoms with Gasteiger partial charge in [-0.1, -0.05) is 25.2 Å². The van der Waals surface area contributed by atoms with Crippen molar-refractivity contribution in [2.45, 2.75) is 58.4 Å². The summed E-state index contributed by atoms with van der Waals surface area (Å²) >= 11 is 1.51. The SMILES string of the molecule is CCC(CC)c1nnc(NC(=O)[C@H]2CCN[C@@H](C)C2)s1. The zero-order valence-corrected chi connectivity index (χ0v) is 13.3. The summed E-state index contributed by atoms with van der Waals surface area (Å²) in [6.07, 6.45) is 3.91. The Balaban J connectivity index is 1.94. The van der Waals surface area contributed by atoms with Gasteiger partial charge in [-0.15, -0.1) is 10.2 Å². The average molecular weight is 296 g/mol. The number of anilines is 1. The molecule has 0 aliphatic carbocycles. The molecule has 1 aliphatic heterocycles. The maximum absolute atomic E-state index is 12.2. The minimum Gasteiger partial charge on any atom is -0.314 e. The molecule has 2 atom stereocenters. The van der Waals surface area contributed by atoms with E-state index in [-0.39, 0.29) is 11.8 Å². The molecule has 6 heteroatoms. The highest BCUT2D eigenvalue weighted by Gasteiger charge is 2.25. The standard InChI is InChI=1S/C14H24N4OS/c1-4-10(5-2)13-17-18-14(20-13)16-12(19)11-6-7-15-9(3)8-11/h9-11,15H,4-8H2,1-3H3,(H,16,18,19)/t9-,11-/m0/s1. The van der Waals surface area contributed by atoms with Crippen molar-refractivity contribution in [3.63, 3.8) is 0 Å². The highest BCUT2D eigenvalue weighted by atomic mass is 32.1. The highest BCUT2D eigenvalue weighted by Crippen LogP contribution is 2.28. The Labute approximate surface area is 124 Å². The molecule has 0 radical (unpaired) electrons. The molecule has 1 saturated heterocycles. The van der Waals surface area contributed by atoms with Crippen LogP contribution in [0.4, 0.5) is 5.13 Å². The van der Waals surface area contributed by atoms with E-state index in [9.17, 15) is 4.79 Å². The molecule has 1 fully saturated rings. The highest BCUT2D eigenvalue weighted by molar-refractivity contribution is 7.15. The Morgan fingerprint density at radius 3 is 2.85 bits per heavy atom. The van der Waals surface area contributed by atoms with Gasteiger partial charge in [0.2, 0.25) is 11.0 Å². The topological polar surface area (TPSA) is 66.9 Å². The first-order chi connectivity index (χ1) is 9.63. The first-order valence-electron chi connectivity index (χ1n) is 7.51. The summed E-state index contributed by atoms with van der Waals surface area (Å²) in [5.41, 5.74) is 0. The summed E-state index contributed by atoms with van der Waals surface area (Å²) in [6.45, 7) is 7.35. The Hall–Kier alpha value is -1.01. The number of amides is 1. The van der Waals surface area contributed by atoms with Crippen LogP contribution in [0.2, 0.25) is 0 Å². The minimum absolute atomic E-state index is 0.0885. The fourth-order valence-electron chi connectivity index (χ4n) is 2.67. The van der Waals surface area contributed by atoms with Crippen molar-refractivity contribution in [1.82, 2.24) is 15.5 Å². The normalized spacial score (nSPS) is 23.0. The molecular weight excluding hydrogens is 272 g/mol. The van der Waals surface area contributed by atoms with Gasteiger partial charge in [-0.25, -0.2) is 0 Å². The van der Waals surface area contributed by atoms with Crippen LogP contribution >= 0.6 is 11.3 Å². The minimum atomic E-state index is 0.0885. The molecule has 2 heterocycles. The molecule has 1 aromatic heterocycles. The third-order valence-electron chi connectivity index (χ3n) is 4.00. The molecule has 5 nitrogen and oxygen atoms in total. The van der Waals surface area contributed by atoms with E-state index in [1.165, 1.54) is 11.3 Å². The number of hydrogen-bond acceptors (Lipinski definition) is 5. The van der Waals surface area contributed by atoms with Gasteiger partial charge in [0.1, 0.15) is 5.01 Å². The van der Waals surface area contributed by atoms with E-state index in [1.807, 2.05) is 0 Å². The lowest BCUT2D eigenvalue weighted by molar-refractivity contribution is -0.120. The number of piperidine rings is 1. The molecule has 0 spiro atoms. The third-order valence-corrected chi connectivity index (χ3v) is 5.00. The molecule has 2 N–H and O–H groups in total. The van der Waals surface area contributed by atoms with E-state index < -0.39 is 0 Å². The second-order valence-electron chi connectivity index (χ2n) is 5.52. The maximum Gasteiger partial charge on any atom is 0.229 e. The summed E-state index contributed by atoms with van der Waals surface area (Å²) in [7, 11) is 0. The number of aromatic nitrogens is 2. The lowest BCUT2D eigenvalue weighted by Crippen LogP contribution is -2.40. The van der Waals surface area contributed by atoms with E-state index in [2.05, 4.69) is 41.6 Å². The summed E-state index contributed by atoms with van der Waals surface area (Å²) in [5, 5.41) is 16.3. The fraction of sp³-hybridized carbons (Fsp3) is 0.786. The molecular formula is C14H24N4OS. The number of carbonyl (C=O) groups is 1. The number of nitrogens with one attached hydrogen (secondary N) is 2. The van der Waals surface area contributed by atoms with Crippen molar-refractivity contribution in [2.75, 3.05) is 11.9 Å². The van der Waals surface area contributed by atoms with Gasteiger partial charge in [-0.2, -0.15) is 0 Å². The van der Waals surface area contributed by atoms with Crippen LogP contribution < -0.4 is 10.6 Å². The van der Waals surface area contributed by atoms with E-state index in [0.29, 0.717) is 17.1 Å². The van der Waals surface area contributed by atoms with E-state index in [0.717, 1.165) is 37.2 Å². The van der Waals surface area contributed by atoms with Crippen molar-refractivity contribution in [3.8, 4) is 0 Å². The largest absolute Gasteiger partial charge is 0.314 e. The Kier molecular flexibility index (Phi) is 5.48. The van der Waals surface area contributed by atoms with Crippen molar-refractivity contribution < 1.29 is 4.79 Å². The number of nitrogens with zero attached hydrogens (tertiary/aromatic N) is 2. The molecule has 0 unspecified atom stereocenters. The first-order valence-corrected chi connectivity index (χ1v) is 8.33. The molecule has 1 aromatic rings. The lowest BCUT2D eigenvalue weighted by atomic mass is 9.93. The molecule has 1 amide bonds. The molecule has 0 saturated carbocycles. The Morgan fingerprint density at radius 1 is 1.45 bits per heavy atom. The monoisotopic (exact) mass is 296 g/mol. The predicted molar refractivity (Wildman–Crippen MR) is 82.1 cm³/mol. The first kappa shape index (κ1) is 15.4. The third kappa shape index (κ3) is 3.76. The molecule has 2 rings (SSSR count). The van der Waals surface area contributed by atoms with Gasteiger partial charge in [0.25, 0.3) is 0 Å². The summed E-state index contributed by atoms with van der Waals surface area (Å²) in [4.78, 5) is 12.2. The van der Waals surface area contributed by atoms with Crippen molar-refractivity contribution in [3.05, 3.63) is 5.01 Å². The van der Waals surface area contributed by atoms with Gasteiger partial charge in [0.15, 0.2) is 0 Å². The Bertz CT molecular complexity index is 444. The van der Waals surface area contributed by atoms with E-state index >= 15 is 0 Å². The van der Waals surface area contributed by atoms with Gasteiger partial charge in [0.05, 0.1) is 0 Å². The van der Waals surface area contributed by atoms with Crippen LogP contribution in [-0.4, -0.2) is 28.7 Å². The lowest BCUT2D eigenvalue weighted by Gasteiger charge is -2.26. The van der Waals surface area contributed by atoms with Crippen molar-refractivity contribution in [1.29, 1.82) is 0 Å². The molecule has 1 aliphatic rings. The zero-order valence-electron chi connectivity index (χ0n) is 12.5. The van der Waals surface area contributed by atoms with Crippen molar-refractivity contribution in [2.24, 2.45) is 5.92 Å². The number of carbonyl (C=O) groups excluding carboxylic acids is 1.